The molecule has 0 aliphatic carbocycles. The van der Waals surface area contributed by atoms with Crippen LogP contribution in [0, 0.1) is 10.8 Å². The Kier molecular flexibility index (Phi) is 30.4. The van der Waals surface area contributed by atoms with Gasteiger partial charge < -0.3 is 73.3 Å². The van der Waals surface area contributed by atoms with Crippen LogP contribution in [0.15, 0.2) is 12.4 Å². The Morgan fingerprint density at radius 3 is 1.07 bits per heavy atom. The fourth-order valence-corrected chi connectivity index (χ4v) is 8.70. The number of aromatic nitrogens is 6. The van der Waals surface area contributed by atoms with Crippen LogP contribution in [0.4, 0.5) is 0 Å². The molecule has 4 heterocycles. The van der Waals surface area contributed by atoms with Crippen LogP contribution >= 0.6 is 0 Å². The van der Waals surface area contributed by atoms with Crippen LogP contribution in [0.25, 0.3) is 0 Å². The zero-order valence-corrected chi connectivity index (χ0v) is 45.2. The number of aliphatic hydroxyl groups excluding tert-OH is 6. The van der Waals surface area contributed by atoms with Gasteiger partial charge in [-0.3, -0.25) is 0 Å². The molecule has 0 spiro atoms. The Balaban J connectivity index is 1.29. The van der Waals surface area contributed by atoms with Gasteiger partial charge in [-0.25, -0.2) is 9.36 Å². The average Bonchev–Trinajstić information content (AvgIpc) is 4.03. The van der Waals surface area contributed by atoms with Crippen molar-refractivity contribution in [1.29, 1.82) is 0 Å². The van der Waals surface area contributed by atoms with Gasteiger partial charge in [0, 0.05) is 37.3 Å². The standard InChI is InChI=1S/C52H96N6O15/c1-7-11-15-19-23-65-33-51(5,34-66-24-20-16-12-8-2)37-69-31-39-27-57(55-53-39)29-41-43(59)45(61)47(63)49(71-41)73-50-48(64)46(62)44(60)42(72-50)30-58-28-40(54-56-58)32-70-38-52(6,35-67-25-21-17-13-9-3)36-68-26-22-18-14-10-4/h27-28,41-50,59-64H,7-26,29-38H2,1-6H3/t41?,42?,43-,44-,45+,46?,47?,48?,49-,50-/m1/s1. The lowest BCUT2D eigenvalue weighted by Gasteiger charge is -2.45. The summed E-state index contributed by atoms with van der Waals surface area (Å²) in [7, 11) is 0. The predicted molar refractivity (Wildman–Crippen MR) is 270 cm³/mol. The number of nitrogens with zero attached hydrogens (tertiary/aromatic N) is 6. The zero-order chi connectivity index (χ0) is 52.9. The highest BCUT2D eigenvalue weighted by atomic mass is 16.8. The number of hydrogen-bond donors (Lipinski definition) is 6. The molecule has 0 saturated carbocycles. The molecule has 5 unspecified atom stereocenters. The van der Waals surface area contributed by atoms with Crippen LogP contribution in [0.1, 0.15) is 156 Å². The number of ether oxygens (including phenoxy) is 9. The minimum Gasteiger partial charge on any atom is -0.388 e. The Morgan fingerprint density at radius 1 is 0.438 bits per heavy atom. The monoisotopic (exact) mass is 1040 g/mol. The highest BCUT2D eigenvalue weighted by Crippen LogP contribution is 2.30. The molecular weight excluding hydrogens is 949 g/mol. The van der Waals surface area contributed by atoms with E-state index in [1.807, 2.05) is 0 Å². The fraction of sp³-hybridized carbons (Fsp3) is 0.923. The zero-order valence-electron chi connectivity index (χ0n) is 45.2. The summed E-state index contributed by atoms with van der Waals surface area (Å²) in [6.45, 7) is 18.4. The summed E-state index contributed by atoms with van der Waals surface area (Å²) in [5.41, 5.74) is 0.257. The van der Waals surface area contributed by atoms with E-state index in [-0.39, 0.29) is 37.1 Å². The van der Waals surface area contributed by atoms with E-state index in [1.165, 1.54) is 35.0 Å². The third-order valence-corrected chi connectivity index (χ3v) is 13.3. The van der Waals surface area contributed by atoms with Gasteiger partial charge >= 0.3 is 0 Å². The van der Waals surface area contributed by atoms with Gasteiger partial charge in [0.1, 0.15) is 60.2 Å². The number of hydrogen-bond acceptors (Lipinski definition) is 19. The summed E-state index contributed by atoms with van der Waals surface area (Å²) in [6.07, 6.45) is 5.42. The molecule has 424 valence electrons. The average molecular weight is 1050 g/mol. The minimum atomic E-state index is -1.78. The van der Waals surface area contributed by atoms with Gasteiger partial charge in [-0.2, -0.15) is 0 Å². The highest BCUT2D eigenvalue weighted by Gasteiger charge is 2.50. The Labute approximate surface area is 434 Å². The first-order valence-corrected chi connectivity index (χ1v) is 27.5. The van der Waals surface area contributed by atoms with Gasteiger partial charge in [0.05, 0.1) is 78.3 Å². The van der Waals surface area contributed by atoms with Crippen molar-refractivity contribution in [2.75, 3.05) is 66.1 Å². The second-order valence-corrected chi connectivity index (χ2v) is 21.1. The maximum Gasteiger partial charge on any atom is 0.189 e. The van der Waals surface area contributed by atoms with E-state index in [1.54, 1.807) is 12.4 Å². The van der Waals surface area contributed by atoms with Crippen molar-refractivity contribution in [3.05, 3.63) is 23.8 Å². The van der Waals surface area contributed by atoms with Crippen molar-refractivity contribution in [2.24, 2.45) is 10.8 Å². The molecule has 10 atom stereocenters. The molecule has 6 N–H and O–H groups in total. The Morgan fingerprint density at radius 2 is 0.753 bits per heavy atom. The van der Waals surface area contributed by atoms with Gasteiger partial charge in [0.15, 0.2) is 12.6 Å². The third kappa shape index (κ3) is 23.0. The lowest BCUT2D eigenvalue weighted by molar-refractivity contribution is -0.375. The van der Waals surface area contributed by atoms with Crippen molar-refractivity contribution in [3.63, 3.8) is 0 Å². The summed E-state index contributed by atoms with van der Waals surface area (Å²) in [5.74, 6) is 0. The molecule has 2 aromatic rings. The predicted octanol–water partition coefficient (Wildman–Crippen LogP) is 4.64. The maximum atomic E-state index is 11.0. The maximum absolute atomic E-state index is 11.0. The van der Waals surface area contributed by atoms with Crippen LogP contribution in [0.5, 0.6) is 0 Å². The van der Waals surface area contributed by atoms with Crippen molar-refractivity contribution in [3.8, 4) is 0 Å². The molecule has 0 amide bonds. The van der Waals surface area contributed by atoms with Crippen LogP contribution in [-0.4, -0.2) is 188 Å². The van der Waals surface area contributed by atoms with E-state index in [2.05, 4.69) is 62.2 Å². The number of rotatable bonds is 42. The molecule has 2 aliphatic rings. The Bertz CT molecular complexity index is 1540. The van der Waals surface area contributed by atoms with E-state index in [4.69, 9.17) is 42.6 Å². The number of aliphatic hydroxyl groups is 6. The largest absolute Gasteiger partial charge is 0.388 e. The topological polar surface area (TPSA) is 266 Å². The smallest absolute Gasteiger partial charge is 0.189 e. The highest BCUT2D eigenvalue weighted by molar-refractivity contribution is 4.96. The number of unbranched alkanes of at least 4 members (excludes halogenated alkanes) is 12. The summed E-state index contributed by atoms with van der Waals surface area (Å²) in [4.78, 5) is 0. The molecule has 21 heteroatoms. The second kappa shape index (κ2) is 35.2. The van der Waals surface area contributed by atoms with Crippen molar-refractivity contribution >= 4 is 0 Å². The van der Waals surface area contributed by atoms with Crippen LogP contribution < -0.4 is 0 Å². The SMILES string of the molecule is CCCCCCOCC(C)(COCCCCCC)COCc1cn(CC2O[C@H](O[C@H]3OC(Cn4cc(COCC(C)(COCCCCCC)COCCCCCC)nn4)[C@@H](O)[C@H](O)C3O)C(O)C(O)[C@@H]2O)nn1. The normalized spacial score (nSPS) is 25.0. The van der Waals surface area contributed by atoms with Crippen LogP contribution in [-0.2, 0) is 68.9 Å². The van der Waals surface area contributed by atoms with E-state index >= 15 is 0 Å². The first-order chi connectivity index (χ1) is 35.2. The molecule has 0 radical (unpaired) electrons. The van der Waals surface area contributed by atoms with Gasteiger partial charge in [0.25, 0.3) is 0 Å². The molecular formula is C52H96N6O15. The molecule has 2 saturated heterocycles. The minimum absolute atomic E-state index is 0.108. The molecule has 2 aromatic heterocycles. The van der Waals surface area contributed by atoms with Crippen molar-refractivity contribution < 1.29 is 73.3 Å². The van der Waals surface area contributed by atoms with Gasteiger partial charge in [-0.15, -0.1) is 10.2 Å². The summed E-state index contributed by atoms with van der Waals surface area (Å²) < 4.78 is 57.1. The quantitative estimate of drug-likeness (QED) is 0.0495. The lowest BCUT2D eigenvalue weighted by atomic mass is 9.94. The third-order valence-electron chi connectivity index (χ3n) is 13.3. The fourth-order valence-electron chi connectivity index (χ4n) is 8.70. The van der Waals surface area contributed by atoms with E-state index in [9.17, 15) is 30.6 Å². The van der Waals surface area contributed by atoms with E-state index < -0.39 is 61.4 Å². The van der Waals surface area contributed by atoms with Gasteiger partial charge in [-0.05, 0) is 25.7 Å². The Hall–Kier alpha value is -2.32. The molecule has 0 bridgehead atoms. The van der Waals surface area contributed by atoms with Crippen LogP contribution in [0.2, 0.25) is 0 Å². The first kappa shape index (κ1) is 63.2. The summed E-state index contributed by atoms with van der Waals surface area (Å²) in [5, 5.41) is 82.5. The van der Waals surface area contributed by atoms with Crippen LogP contribution in [0.3, 0.4) is 0 Å². The summed E-state index contributed by atoms with van der Waals surface area (Å²) in [6, 6.07) is 0. The molecule has 2 aliphatic heterocycles. The van der Waals surface area contributed by atoms with E-state index in [0.717, 1.165) is 77.0 Å². The second-order valence-electron chi connectivity index (χ2n) is 21.1. The van der Waals surface area contributed by atoms with E-state index in [0.29, 0.717) is 77.5 Å². The van der Waals surface area contributed by atoms with Crippen molar-refractivity contribution in [1.82, 2.24) is 30.0 Å². The molecule has 2 fully saturated rings. The van der Waals surface area contributed by atoms with Gasteiger partial charge in [-0.1, -0.05) is 129 Å². The summed E-state index contributed by atoms with van der Waals surface area (Å²) >= 11 is 0. The molecule has 21 nitrogen and oxygen atoms in total. The molecule has 0 aromatic carbocycles. The molecule has 73 heavy (non-hydrogen) atoms. The molecule has 4 rings (SSSR count). The lowest BCUT2D eigenvalue weighted by Crippen LogP contribution is -2.63. The first-order valence-electron chi connectivity index (χ1n) is 27.5. The van der Waals surface area contributed by atoms with Crippen molar-refractivity contribution in [2.45, 2.75) is 232 Å². The van der Waals surface area contributed by atoms with Gasteiger partial charge in [0.2, 0.25) is 0 Å².